The van der Waals surface area contributed by atoms with Gasteiger partial charge >= 0.3 is 5.97 Å². The van der Waals surface area contributed by atoms with E-state index in [4.69, 9.17) is 4.74 Å². The fourth-order valence-corrected chi connectivity index (χ4v) is 2.71. The number of carboxylic acids is 1. The van der Waals surface area contributed by atoms with Crippen molar-refractivity contribution in [3.8, 4) is 5.69 Å². The van der Waals surface area contributed by atoms with E-state index < -0.39 is 17.4 Å². The van der Waals surface area contributed by atoms with Gasteiger partial charge in [0, 0.05) is 13.0 Å². The van der Waals surface area contributed by atoms with Gasteiger partial charge in [-0.25, -0.2) is 9.48 Å². The van der Waals surface area contributed by atoms with E-state index in [1.165, 1.54) is 0 Å². The average molecular weight is 330 g/mol. The van der Waals surface area contributed by atoms with Crippen molar-refractivity contribution in [2.75, 3.05) is 13.2 Å². The number of nitrogens with zero attached hydrogens (tertiary/aromatic N) is 3. The molecule has 2 aromatic rings. The molecule has 1 aliphatic heterocycles. The molecule has 1 amide bonds. The van der Waals surface area contributed by atoms with Crippen LogP contribution in [0.15, 0.2) is 24.3 Å². The van der Waals surface area contributed by atoms with Crippen LogP contribution in [0.4, 0.5) is 0 Å². The van der Waals surface area contributed by atoms with Crippen LogP contribution < -0.4 is 5.32 Å². The Hall–Kier alpha value is -2.74. The van der Waals surface area contributed by atoms with Crippen LogP contribution in [0.2, 0.25) is 0 Å². The molecule has 0 aliphatic carbocycles. The van der Waals surface area contributed by atoms with Crippen molar-refractivity contribution in [2.24, 2.45) is 0 Å². The van der Waals surface area contributed by atoms with Crippen LogP contribution in [0.25, 0.3) is 5.69 Å². The SMILES string of the molecule is Cc1cccc(-n2nnc(C(=O)NC3(C(=O)O)CCOC3)c2C)c1. The summed E-state index contributed by atoms with van der Waals surface area (Å²) < 4.78 is 6.70. The Bertz CT molecular complexity index is 793. The van der Waals surface area contributed by atoms with Crippen molar-refractivity contribution in [1.82, 2.24) is 20.3 Å². The number of nitrogens with one attached hydrogen (secondary N) is 1. The Morgan fingerprint density at radius 3 is 2.79 bits per heavy atom. The van der Waals surface area contributed by atoms with Crippen molar-refractivity contribution in [3.05, 3.63) is 41.2 Å². The third kappa shape index (κ3) is 2.76. The molecule has 1 atom stereocenters. The molecule has 8 nitrogen and oxygen atoms in total. The van der Waals surface area contributed by atoms with Gasteiger partial charge in [0.1, 0.15) is 0 Å². The minimum absolute atomic E-state index is 0.0564. The van der Waals surface area contributed by atoms with Crippen molar-refractivity contribution in [2.45, 2.75) is 25.8 Å². The molecule has 0 spiro atoms. The zero-order valence-corrected chi connectivity index (χ0v) is 13.4. The lowest BCUT2D eigenvalue weighted by Gasteiger charge is -2.23. The van der Waals surface area contributed by atoms with Crippen molar-refractivity contribution in [3.63, 3.8) is 0 Å². The predicted molar refractivity (Wildman–Crippen MR) is 84.1 cm³/mol. The van der Waals surface area contributed by atoms with Gasteiger partial charge in [-0.2, -0.15) is 0 Å². The predicted octanol–water partition coefficient (Wildman–Crippen LogP) is 0.858. The summed E-state index contributed by atoms with van der Waals surface area (Å²) in [5, 5.41) is 19.9. The average Bonchev–Trinajstić information content (AvgIpc) is 3.15. The monoisotopic (exact) mass is 330 g/mol. The van der Waals surface area contributed by atoms with Gasteiger partial charge in [0.15, 0.2) is 11.2 Å². The topological polar surface area (TPSA) is 106 Å². The van der Waals surface area contributed by atoms with E-state index in [9.17, 15) is 14.7 Å². The van der Waals surface area contributed by atoms with Crippen molar-refractivity contribution >= 4 is 11.9 Å². The molecule has 3 rings (SSSR count). The highest BCUT2D eigenvalue weighted by Gasteiger charge is 2.44. The van der Waals surface area contributed by atoms with Crippen LogP contribution in [0.1, 0.15) is 28.2 Å². The number of amides is 1. The highest BCUT2D eigenvalue weighted by Crippen LogP contribution is 2.20. The van der Waals surface area contributed by atoms with Crippen LogP contribution in [0.5, 0.6) is 0 Å². The van der Waals surface area contributed by atoms with Crippen molar-refractivity contribution < 1.29 is 19.4 Å². The molecule has 2 N–H and O–H groups in total. The maximum Gasteiger partial charge on any atom is 0.331 e. The Morgan fingerprint density at radius 2 is 2.17 bits per heavy atom. The Labute approximate surface area is 138 Å². The van der Waals surface area contributed by atoms with Gasteiger partial charge in [0.25, 0.3) is 5.91 Å². The number of aromatic nitrogens is 3. The maximum absolute atomic E-state index is 12.5. The molecule has 0 radical (unpaired) electrons. The molecule has 0 bridgehead atoms. The number of carbonyl (C=O) groups excluding carboxylic acids is 1. The summed E-state index contributed by atoms with van der Waals surface area (Å²) in [4.78, 5) is 24.0. The first-order valence-electron chi connectivity index (χ1n) is 7.56. The molecule has 2 heterocycles. The standard InChI is InChI=1S/C16H18N4O4/c1-10-4-3-5-12(8-10)20-11(2)13(18-19-20)14(21)17-16(15(22)23)6-7-24-9-16/h3-5,8H,6-7,9H2,1-2H3,(H,17,21)(H,22,23). The van der Waals surface area contributed by atoms with Crippen LogP contribution in [-0.4, -0.2) is 50.7 Å². The second-order valence-corrected chi connectivity index (χ2v) is 5.92. The molecular formula is C16H18N4O4. The van der Waals surface area contributed by atoms with E-state index in [1.807, 2.05) is 31.2 Å². The fraction of sp³-hybridized carbons (Fsp3) is 0.375. The number of aliphatic carboxylic acids is 1. The Kier molecular flexibility index (Phi) is 4.06. The van der Waals surface area contributed by atoms with E-state index in [0.717, 1.165) is 11.3 Å². The molecular weight excluding hydrogens is 312 g/mol. The molecule has 1 aromatic heterocycles. The normalized spacial score (nSPS) is 20.1. The van der Waals surface area contributed by atoms with Gasteiger partial charge < -0.3 is 15.2 Å². The lowest BCUT2D eigenvalue weighted by Crippen LogP contribution is -2.55. The number of ether oxygens (including phenoxy) is 1. The number of rotatable bonds is 4. The molecule has 1 unspecified atom stereocenters. The fourth-order valence-electron chi connectivity index (χ4n) is 2.71. The maximum atomic E-state index is 12.5. The van der Waals surface area contributed by atoms with Gasteiger partial charge in [-0.1, -0.05) is 17.3 Å². The van der Waals surface area contributed by atoms with E-state index in [0.29, 0.717) is 12.3 Å². The Balaban J connectivity index is 1.88. The first-order valence-corrected chi connectivity index (χ1v) is 7.56. The Morgan fingerprint density at radius 1 is 1.38 bits per heavy atom. The number of hydrogen-bond acceptors (Lipinski definition) is 5. The zero-order valence-electron chi connectivity index (χ0n) is 13.4. The molecule has 1 aromatic carbocycles. The highest BCUT2D eigenvalue weighted by atomic mass is 16.5. The summed E-state index contributed by atoms with van der Waals surface area (Å²) in [5.74, 6) is -1.68. The lowest BCUT2D eigenvalue weighted by molar-refractivity contribution is -0.144. The molecule has 1 fully saturated rings. The van der Waals surface area contributed by atoms with Gasteiger partial charge in [0.2, 0.25) is 0 Å². The molecule has 0 saturated carbocycles. The number of benzene rings is 1. The summed E-state index contributed by atoms with van der Waals surface area (Å²) >= 11 is 0. The van der Waals surface area contributed by atoms with Gasteiger partial charge in [0.05, 0.1) is 18.0 Å². The summed E-state index contributed by atoms with van der Waals surface area (Å²) in [6.07, 6.45) is 0.221. The number of carboxylic acid groups (broad SMARTS) is 1. The van der Waals surface area contributed by atoms with Gasteiger partial charge in [-0.05, 0) is 31.5 Å². The van der Waals surface area contributed by atoms with Gasteiger partial charge in [-0.3, -0.25) is 4.79 Å². The summed E-state index contributed by atoms with van der Waals surface area (Å²) in [7, 11) is 0. The van der Waals surface area contributed by atoms with Crippen LogP contribution in [0, 0.1) is 13.8 Å². The molecule has 126 valence electrons. The molecule has 24 heavy (non-hydrogen) atoms. The minimum Gasteiger partial charge on any atom is -0.479 e. The highest BCUT2D eigenvalue weighted by molar-refractivity contribution is 5.97. The van der Waals surface area contributed by atoms with Gasteiger partial charge in [-0.15, -0.1) is 5.10 Å². The lowest BCUT2D eigenvalue weighted by atomic mass is 9.99. The summed E-state index contributed by atoms with van der Waals surface area (Å²) in [5.41, 5.74) is 1.08. The first-order chi connectivity index (χ1) is 11.4. The first kappa shape index (κ1) is 16.1. The van der Waals surface area contributed by atoms with Crippen molar-refractivity contribution in [1.29, 1.82) is 0 Å². The molecule has 8 heteroatoms. The van der Waals surface area contributed by atoms with E-state index in [2.05, 4.69) is 15.6 Å². The number of hydrogen-bond donors (Lipinski definition) is 2. The zero-order chi connectivity index (χ0) is 17.3. The molecule has 1 saturated heterocycles. The quantitative estimate of drug-likeness (QED) is 0.861. The van der Waals surface area contributed by atoms with E-state index in [1.54, 1.807) is 11.6 Å². The smallest absolute Gasteiger partial charge is 0.331 e. The largest absolute Gasteiger partial charge is 0.479 e. The summed E-state index contributed by atoms with van der Waals surface area (Å²) in [6.45, 7) is 3.91. The third-order valence-electron chi connectivity index (χ3n) is 4.14. The molecule has 1 aliphatic rings. The minimum atomic E-state index is -1.41. The van der Waals surface area contributed by atoms with E-state index in [-0.39, 0.29) is 18.7 Å². The van der Waals surface area contributed by atoms with Crippen LogP contribution >= 0.6 is 0 Å². The number of carbonyl (C=O) groups is 2. The second-order valence-electron chi connectivity index (χ2n) is 5.92. The second kappa shape index (κ2) is 6.04. The number of aryl methyl sites for hydroxylation is 1. The summed E-state index contributed by atoms with van der Waals surface area (Å²) in [6, 6.07) is 7.63. The van der Waals surface area contributed by atoms with Crippen LogP contribution in [0.3, 0.4) is 0 Å². The van der Waals surface area contributed by atoms with E-state index >= 15 is 0 Å². The third-order valence-corrected chi connectivity index (χ3v) is 4.14. The van der Waals surface area contributed by atoms with Crippen LogP contribution in [-0.2, 0) is 9.53 Å².